The molecule has 0 aliphatic carbocycles. The smallest absolute Gasteiger partial charge is 0.183 e. The SMILES string of the molecule is OCc1nc2ccccc2c(F)c1F. The molecule has 0 bridgehead atoms. The molecule has 1 aromatic heterocycles. The van der Waals surface area contributed by atoms with Crippen molar-refractivity contribution >= 4 is 10.9 Å². The fourth-order valence-electron chi connectivity index (χ4n) is 1.30. The van der Waals surface area contributed by atoms with E-state index in [0.717, 1.165) is 0 Å². The van der Waals surface area contributed by atoms with E-state index in [4.69, 9.17) is 5.11 Å². The number of halogens is 2. The van der Waals surface area contributed by atoms with E-state index in [9.17, 15) is 8.78 Å². The van der Waals surface area contributed by atoms with Crippen molar-refractivity contribution in [2.24, 2.45) is 0 Å². The lowest BCUT2D eigenvalue weighted by Crippen LogP contribution is -1.99. The van der Waals surface area contributed by atoms with Crippen LogP contribution >= 0.6 is 0 Å². The summed E-state index contributed by atoms with van der Waals surface area (Å²) in [5, 5.41) is 8.86. The largest absolute Gasteiger partial charge is 0.390 e. The molecular weight excluding hydrogens is 188 g/mol. The normalized spacial score (nSPS) is 10.8. The average Bonchev–Trinajstić information content (AvgIpc) is 2.23. The molecule has 2 aromatic rings. The summed E-state index contributed by atoms with van der Waals surface area (Å²) < 4.78 is 26.5. The Morgan fingerprint density at radius 2 is 1.86 bits per heavy atom. The summed E-state index contributed by atoms with van der Waals surface area (Å²) in [6.07, 6.45) is 0. The molecule has 14 heavy (non-hydrogen) atoms. The molecule has 0 saturated heterocycles. The van der Waals surface area contributed by atoms with Gasteiger partial charge < -0.3 is 5.11 Å². The first-order chi connectivity index (χ1) is 6.74. The second-order valence-electron chi connectivity index (χ2n) is 2.86. The number of nitrogens with zero attached hydrogens (tertiary/aromatic N) is 1. The topological polar surface area (TPSA) is 33.1 Å². The Hall–Kier alpha value is -1.55. The molecule has 0 aliphatic rings. The maximum absolute atomic E-state index is 13.3. The zero-order chi connectivity index (χ0) is 10.1. The number of aromatic nitrogens is 1. The summed E-state index contributed by atoms with van der Waals surface area (Å²) in [5.74, 6) is -2.04. The number of benzene rings is 1. The summed E-state index contributed by atoms with van der Waals surface area (Å²) in [4.78, 5) is 3.79. The third kappa shape index (κ3) is 1.24. The Morgan fingerprint density at radius 1 is 1.14 bits per heavy atom. The number of pyridine rings is 1. The van der Waals surface area contributed by atoms with Crippen molar-refractivity contribution in [3.8, 4) is 0 Å². The highest BCUT2D eigenvalue weighted by atomic mass is 19.2. The van der Waals surface area contributed by atoms with Gasteiger partial charge in [0.15, 0.2) is 11.6 Å². The quantitative estimate of drug-likeness (QED) is 0.755. The Bertz CT molecular complexity index is 485. The molecule has 1 heterocycles. The number of hydrogen-bond donors (Lipinski definition) is 1. The monoisotopic (exact) mass is 195 g/mol. The summed E-state index contributed by atoms with van der Waals surface area (Å²) >= 11 is 0. The van der Waals surface area contributed by atoms with Crippen LogP contribution in [-0.2, 0) is 6.61 Å². The van der Waals surface area contributed by atoms with E-state index >= 15 is 0 Å². The van der Waals surface area contributed by atoms with E-state index in [1.807, 2.05) is 0 Å². The van der Waals surface area contributed by atoms with E-state index in [0.29, 0.717) is 5.52 Å². The van der Waals surface area contributed by atoms with Crippen molar-refractivity contribution in [2.75, 3.05) is 0 Å². The van der Waals surface area contributed by atoms with Crippen LogP contribution in [0.1, 0.15) is 5.69 Å². The molecule has 2 nitrogen and oxygen atoms in total. The minimum Gasteiger partial charge on any atom is -0.390 e. The van der Waals surface area contributed by atoms with E-state index in [-0.39, 0.29) is 11.1 Å². The van der Waals surface area contributed by atoms with Crippen LogP contribution < -0.4 is 0 Å². The lowest BCUT2D eigenvalue weighted by Gasteiger charge is -2.03. The Balaban J connectivity index is 2.85. The van der Waals surface area contributed by atoms with Crippen molar-refractivity contribution in [3.05, 3.63) is 41.6 Å². The van der Waals surface area contributed by atoms with Gasteiger partial charge in [0.25, 0.3) is 0 Å². The second-order valence-corrected chi connectivity index (χ2v) is 2.86. The van der Waals surface area contributed by atoms with Crippen molar-refractivity contribution in [1.29, 1.82) is 0 Å². The standard InChI is InChI=1S/C10H7F2NO/c11-9-6-3-1-2-4-7(6)13-8(5-14)10(9)12/h1-4,14H,5H2. The molecule has 0 aliphatic heterocycles. The van der Waals surface area contributed by atoms with Crippen molar-refractivity contribution in [2.45, 2.75) is 6.61 Å². The number of fused-ring (bicyclic) bond motifs is 1. The number of para-hydroxylation sites is 1. The second kappa shape index (κ2) is 3.31. The molecule has 0 fully saturated rings. The van der Waals surface area contributed by atoms with Gasteiger partial charge in [0.05, 0.1) is 12.1 Å². The first-order valence-corrected chi connectivity index (χ1v) is 4.07. The van der Waals surface area contributed by atoms with E-state index in [2.05, 4.69) is 4.98 Å². The molecule has 0 unspecified atom stereocenters. The molecular formula is C10H7F2NO. The fraction of sp³-hybridized carbons (Fsp3) is 0.100. The highest BCUT2D eigenvalue weighted by Crippen LogP contribution is 2.20. The molecule has 0 radical (unpaired) electrons. The zero-order valence-electron chi connectivity index (χ0n) is 7.17. The van der Waals surface area contributed by atoms with Crippen LogP contribution in [-0.4, -0.2) is 10.1 Å². The first-order valence-electron chi connectivity index (χ1n) is 4.07. The number of rotatable bonds is 1. The van der Waals surface area contributed by atoms with Crippen LogP contribution in [0, 0.1) is 11.6 Å². The number of aliphatic hydroxyl groups excluding tert-OH is 1. The van der Waals surface area contributed by atoms with Crippen LogP contribution in [0.25, 0.3) is 10.9 Å². The number of hydrogen-bond acceptors (Lipinski definition) is 2. The summed E-state index contributed by atoms with van der Waals surface area (Å²) in [6.45, 7) is -0.604. The molecule has 4 heteroatoms. The molecule has 0 amide bonds. The maximum Gasteiger partial charge on any atom is 0.183 e. The van der Waals surface area contributed by atoms with Crippen molar-refractivity contribution < 1.29 is 13.9 Å². The van der Waals surface area contributed by atoms with Crippen LogP contribution in [0.15, 0.2) is 24.3 Å². The minimum absolute atomic E-state index is 0.127. The molecule has 0 spiro atoms. The molecule has 72 valence electrons. The van der Waals surface area contributed by atoms with Crippen LogP contribution in [0.3, 0.4) is 0 Å². The first kappa shape index (κ1) is 9.02. The molecule has 1 N–H and O–H groups in total. The zero-order valence-corrected chi connectivity index (χ0v) is 7.17. The molecule has 0 saturated carbocycles. The third-order valence-electron chi connectivity index (χ3n) is 1.99. The third-order valence-corrected chi connectivity index (χ3v) is 1.99. The maximum atomic E-state index is 13.3. The van der Waals surface area contributed by atoms with Gasteiger partial charge in [0, 0.05) is 5.39 Å². The minimum atomic E-state index is -1.08. The lowest BCUT2D eigenvalue weighted by molar-refractivity contribution is 0.268. The van der Waals surface area contributed by atoms with Crippen LogP contribution in [0.5, 0.6) is 0 Å². The lowest BCUT2D eigenvalue weighted by atomic mass is 10.2. The van der Waals surface area contributed by atoms with Crippen LogP contribution in [0.2, 0.25) is 0 Å². The average molecular weight is 195 g/mol. The van der Waals surface area contributed by atoms with Gasteiger partial charge in [-0.25, -0.2) is 13.8 Å². The summed E-state index contributed by atoms with van der Waals surface area (Å²) in [5.41, 5.74) is 0.0802. The summed E-state index contributed by atoms with van der Waals surface area (Å²) in [7, 11) is 0. The molecule has 2 rings (SSSR count). The highest BCUT2D eigenvalue weighted by molar-refractivity contribution is 5.79. The molecule has 0 atom stereocenters. The van der Waals surface area contributed by atoms with E-state index in [1.165, 1.54) is 6.07 Å². The van der Waals surface area contributed by atoms with Gasteiger partial charge in [-0.2, -0.15) is 0 Å². The predicted molar refractivity (Wildman–Crippen MR) is 47.6 cm³/mol. The van der Waals surface area contributed by atoms with Gasteiger partial charge in [0.2, 0.25) is 0 Å². The van der Waals surface area contributed by atoms with Gasteiger partial charge in [-0.15, -0.1) is 0 Å². The molecule has 1 aromatic carbocycles. The Labute approximate surface area is 78.8 Å². The fourth-order valence-corrected chi connectivity index (χ4v) is 1.30. The van der Waals surface area contributed by atoms with Gasteiger partial charge in [-0.3, -0.25) is 0 Å². The Morgan fingerprint density at radius 3 is 2.57 bits per heavy atom. The van der Waals surface area contributed by atoms with E-state index < -0.39 is 18.2 Å². The van der Waals surface area contributed by atoms with Crippen molar-refractivity contribution in [1.82, 2.24) is 4.98 Å². The summed E-state index contributed by atoms with van der Waals surface area (Å²) in [6, 6.07) is 6.29. The van der Waals surface area contributed by atoms with Crippen LogP contribution in [0.4, 0.5) is 8.78 Å². The van der Waals surface area contributed by atoms with Gasteiger partial charge >= 0.3 is 0 Å². The van der Waals surface area contributed by atoms with Gasteiger partial charge in [-0.05, 0) is 12.1 Å². The van der Waals surface area contributed by atoms with E-state index in [1.54, 1.807) is 18.2 Å². The Kier molecular flexibility index (Phi) is 2.13. The van der Waals surface area contributed by atoms with Gasteiger partial charge in [0.1, 0.15) is 5.69 Å². The van der Waals surface area contributed by atoms with Gasteiger partial charge in [-0.1, -0.05) is 12.1 Å². The highest BCUT2D eigenvalue weighted by Gasteiger charge is 2.13. The number of aliphatic hydroxyl groups is 1. The predicted octanol–water partition coefficient (Wildman–Crippen LogP) is 2.01. The van der Waals surface area contributed by atoms with Crippen molar-refractivity contribution in [3.63, 3.8) is 0 Å².